The molecule has 0 fully saturated rings. The number of nitrogens with one attached hydrogen (secondary N) is 1. The number of rotatable bonds is 7. The lowest BCUT2D eigenvalue weighted by atomic mass is 10.3. The Bertz CT molecular complexity index is 552. The fourth-order valence-electron chi connectivity index (χ4n) is 1.30. The normalized spacial score (nSPS) is 11.7. The number of hydrogen-bond donors (Lipinski definition) is 3. The monoisotopic (exact) mass is 307 g/mol. The van der Waals surface area contributed by atoms with E-state index in [9.17, 15) is 13.2 Å². The van der Waals surface area contributed by atoms with Gasteiger partial charge in [-0.05, 0) is 18.0 Å². The van der Waals surface area contributed by atoms with Gasteiger partial charge in [0.15, 0.2) is 10.7 Å². The van der Waals surface area contributed by atoms with E-state index < -0.39 is 15.9 Å². The van der Waals surface area contributed by atoms with Crippen molar-refractivity contribution in [2.45, 2.75) is 17.7 Å². The average Bonchev–Trinajstić information content (AvgIpc) is 2.66. The van der Waals surface area contributed by atoms with E-state index >= 15 is 0 Å². The summed E-state index contributed by atoms with van der Waals surface area (Å²) in [5, 5.41) is 3.28. The molecule has 1 heterocycles. The second kappa shape index (κ2) is 6.17. The van der Waals surface area contributed by atoms with E-state index in [1.54, 1.807) is 0 Å². The summed E-state index contributed by atoms with van der Waals surface area (Å²) in [6.45, 7) is 0.417. The number of anilines is 2. The first kappa shape index (κ1) is 15.7. The van der Waals surface area contributed by atoms with Crippen LogP contribution in [0.25, 0.3) is 0 Å². The zero-order chi connectivity index (χ0) is 14.6. The van der Waals surface area contributed by atoms with Crippen molar-refractivity contribution in [2.75, 3.05) is 31.7 Å². The maximum atomic E-state index is 12.1. The van der Waals surface area contributed by atoms with Crippen LogP contribution in [0.5, 0.6) is 0 Å². The van der Waals surface area contributed by atoms with Crippen LogP contribution in [-0.2, 0) is 14.8 Å². The van der Waals surface area contributed by atoms with E-state index in [-0.39, 0.29) is 17.1 Å². The summed E-state index contributed by atoms with van der Waals surface area (Å²) >= 11 is 0.971. The van der Waals surface area contributed by atoms with Crippen molar-refractivity contribution in [2.24, 2.45) is 5.73 Å². The molecule has 0 saturated heterocycles. The molecule has 0 aliphatic rings. The predicted molar refractivity (Wildman–Crippen MR) is 74.3 cm³/mol. The van der Waals surface area contributed by atoms with Gasteiger partial charge in [-0.15, -0.1) is 0 Å². The fraction of sp³-hybridized carbons (Fsp3) is 0.556. The topological polar surface area (TPSA) is 131 Å². The van der Waals surface area contributed by atoms with Crippen LogP contribution < -0.4 is 16.8 Å². The minimum Gasteiger partial charge on any atom is -0.382 e. The van der Waals surface area contributed by atoms with E-state index in [0.717, 1.165) is 15.8 Å². The molecule has 0 spiro atoms. The molecular weight excluding hydrogens is 290 g/mol. The maximum Gasteiger partial charge on any atom is 0.249 e. The summed E-state index contributed by atoms with van der Waals surface area (Å²) in [6, 6.07) is 0. The summed E-state index contributed by atoms with van der Waals surface area (Å²) in [7, 11) is -0.806. The molecule has 0 atom stereocenters. The Hall–Kier alpha value is -1.39. The van der Waals surface area contributed by atoms with Crippen LogP contribution in [0.15, 0.2) is 4.90 Å². The van der Waals surface area contributed by atoms with Gasteiger partial charge in [-0.25, -0.2) is 12.7 Å². The Morgan fingerprint density at radius 2 is 2.11 bits per heavy atom. The minimum atomic E-state index is -3.65. The molecule has 1 aromatic heterocycles. The third kappa shape index (κ3) is 3.78. The highest BCUT2D eigenvalue weighted by atomic mass is 32.2. The Labute approximate surface area is 116 Å². The molecule has 1 aromatic rings. The summed E-state index contributed by atoms with van der Waals surface area (Å²) in [5.74, 6) is -0.428. The number of primary amides is 1. The molecule has 1 rings (SSSR count). The summed E-state index contributed by atoms with van der Waals surface area (Å²) < 4.78 is 29.1. The SMILES string of the molecule is CN(C)S(=O)(=O)c1c(N)nsc1NCCCC(N)=O. The minimum absolute atomic E-state index is 0.0263. The highest BCUT2D eigenvalue weighted by molar-refractivity contribution is 7.89. The number of sulfonamides is 1. The number of nitrogens with zero attached hydrogens (tertiary/aromatic N) is 2. The predicted octanol–water partition coefficient (Wildman–Crippen LogP) is -0.347. The van der Waals surface area contributed by atoms with Crippen molar-refractivity contribution in [1.29, 1.82) is 0 Å². The van der Waals surface area contributed by atoms with Gasteiger partial charge in [-0.2, -0.15) is 4.37 Å². The molecule has 0 aliphatic heterocycles. The van der Waals surface area contributed by atoms with Crippen molar-refractivity contribution < 1.29 is 13.2 Å². The quantitative estimate of drug-likeness (QED) is 0.590. The van der Waals surface area contributed by atoms with Crippen LogP contribution in [0.2, 0.25) is 0 Å². The smallest absolute Gasteiger partial charge is 0.249 e. The molecule has 0 aromatic carbocycles. The van der Waals surface area contributed by atoms with Gasteiger partial charge >= 0.3 is 0 Å². The molecule has 0 bridgehead atoms. The van der Waals surface area contributed by atoms with E-state index in [4.69, 9.17) is 11.5 Å². The first-order valence-electron chi connectivity index (χ1n) is 5.46. The molecule has 5 N–H and O–H groups in total. The van der Waals surface area contributed by atoms with Crippen LogP contribution in [0.4, 0.5) is 10.8 Å². The number of nitrogen functional groups attached to an aromatic ring is 1. The molecule has 0 radical (unpaired) electrons. The first-order chi connectivity index (χ1) is 8.76. The Kier molecular flexibility index (Phi) is 5.09. The van der Waals surface area contributed by atoms with E-state index in [1.165, 1.54) is 14.1 Å². The summed E-state index contributed by atoms with van der Waals surface area (Å²) in [6.07, 6.45) is 0.742. The van der Waals surface area contributed by atoms with Crippen molar-refractivity contribution in [1.82, 2.24) is 8.68 Å². The Balaban J connectivity index is 2.84. The second-order valence-corrected chi connectivity index (χ2v) is 6.87. The molecule has 8 nitrogen and oxygen atoms in total. The van der Waals surface area contributed by atoms with E-state index in [0.29, 0.717) is 18.0 Å². The van der Waals surface area contributed by atoms with Crippen molar-refractivity contribution in [3.63, 3.8) is 0 Å². The summed E-state index contributed by atoms with van der Waals surface area (Å²) in [4.78, 5) is 10.6. The van der Waals surface area contributed by atoms with Gasteiger partial charge in [0.1, 0.15) is 5.00 Å². The number of carbonyl (C=O) groups is 1. The Morgan fingerprint density at radius 1 is 1.47 bits per heavy atom. The second-order valence-electron chi connectivity index (χ2n) is 4.01. The first-order valence-corrected chi connectivity index (χ1v) is 7.68. The number of nitrogens with two attached hydrogens (primary N) is 2. The number of hydrogen-bond acceptors (Lipinski definition) is 7. The lowest BCUT2D eigenvalue weighted by Crippen LogP contribution is -2.23. The van der Waals surface area contributed by atoms with Gasteiger partial charge in [0.25, 0.3) is 0 Å². The molecule has 108 valence electrons. The lowest BCUT2D eigenvalue weighted by Gasteiger charge is -2.12. The average molecular weight is 307 g/mol. The Morgan fingerprint density at radius 3 is 2.63 bits per heavy atom. The highest BCUT2D eigenvalue weighted by Gasteiger charge is 2.27. The van der Waals surface area contributed by atoms with Crippen molar-refractivity contribution in [3.8, 4) is 0 Å². The van der Waals surface area contributed by atoms with Gasteiger partial charge < -0.3 is 16.8 Å². The third-order valence-electron chi connectivity index (χ3n) is 2.30. The van der Waals surface area contributed by atoms with Crippen LogP contribution in [-0.4, -0.2) is 43.6 Å². The number of carbonyl (C=O) groups excluding carboxylic acids is 1. The van der Waals surface area contributed by atoms with Crippen LogP contribution in [0.3, 0.4) is 0 Å². The number of amides is 1. The maximum absolute atomic E-state index is 12.1. The zero-order valence-corrected chi connectivity index (χ0v) is 12.3. The lowest BCUT2D eigenvalue weighted by molar-refractivity contribution is -0.118. The third-order valence-corrected chi connectivity index (χ3v) is 5.14. The molecule has 0 saturated carbocycles. The van der Waals surface area contributed by atoms with Gasteiger partial charge in [-0.1, -0.05) is 0 Å². The van der Waals surface area contributed by atoms with E-state index in [1.807, 2.05) is 0 Å². The fourth-order valence-corrected chi connectivity index (χ4v) is 3.41. The largest absolute Gasteiger partial charge is 0.382 e. The van der Waals surface area contributed by atoms with Crippen LogP contribution in [0, 0.1) is 0 Å². The summed E-state index contributed by atoms with van der Waals surface area (Å²) in [5.41, 5.74) is 10.6. The van der Waals surface area contributed by atoms with Crippen LogP contribution in [0.1, 0.15) is 12.8 Å². The van der Waals surface area contributed by atoms with Gasteiger partial charge in [0, 0.05) is 27.1 Å². The number of aromatic nitrogens is 1. The molecular formula is C9H17N5O3S2. The standard InChI is InChI=1S/C9H17N5O3S2/c1-14(2)19(16,17)7-8(11)13-18-9(7)12-5-3-4-6(10)15/h12H,3-5H2,1-2H3,(H2,10,15)(H2,11,13). The van der Waals surface area contributed by atoms with Crippen molar-refractivity contribution >= 4 is 38.3 Å². The molecule has 0 aliphatic carbocycles. The van der Waals surface area contributed by atoms with Crippen molar-refractivity contribution in [3.05, 3.63) is 0 Å². The highest BCUT2D eigenvalue weighted by Crippen LogP contribution is 2.32. The van der Waals surface area contributed by atoms with Gasteiger partial charge in [-0.3, -0.25) is 4.79 Å². The molecule has 1 amide bonds. The molecule has 10 heteroatoms. The van der Waals surface area contributed by atoms with E-state index in [2.05, 4.69) is 9.69 Å². The molecule has 19 heavy (non-hydrogen) atoms. The van der Waals surface area contributed by atoms with Gasteiger partial charge in [0.2, 0.25) is 15.9 Å². The van der Waals surface area contributed by atoms with Crippen LogP contribution >= 0.6 is 11.5 Å². The van der Waals surface area contributed by atoms with Gasteiger partial charge in [0.05, 0.1) is 0 Å². The zero-order valence-electron chi connectivity index (χ0n) is 10.7. The molecule has 0 unspecified atom stereocenters.